The van der Waals surface area contributed by atoms with Crippen molar-refractivity contribution in [3.8, 4) is 11.1 Å². The number of ether oxygens (including phenoxy) is 1. The van der Waals surface area contributed by atoms with Crippen molar-refractivity contribution in [3.63, 3.8) is 0 Å². The van der Waals surface area contributed by atoms with Crippen LogP contribution in [0.4, 0.5) is 0 Å². The van der Waals surface area contributed by atoms with Crippen LogP contribution in [-0.2, 0) is 18.3 Å². The number of carbonyl (C=O) groups excluding carboxylic acids is 1. The van der Waals surface area contributed by atoms with Gasteiger partial charge in [0.15, 0.2) is 0 Å². The third-order valence-electron chi connectivity index (χ3n) is 4.70. The number of carbonyl (C=O) groups is 1. The van der Waals surface area contributed by atoms with Gasteiger partial charge in [-0.1, -0.05) is 47.5 Å². The zero-order valence-corrected chi connectivity index (χ0v) is 17.4. The lowest BCUT2D eigenvalue weighted by Crippen LogP contribution is -2.15. The summed E-state index contributed by atoms with van der Waals surface area (Å²) < 4.78 is 8.67. The Balaban J connectivity index is 1.79. The second-order valence-electron chi connectivity index (χ2n) is 6.50. The Morgan fingerprint density at radius 1 is 1.17 bits per heavy atom. The van der Waals surface area contributed by atoms with E-state index in [0.717, 1.165) is 27.7 Å². The lowest BCUT2D eigenvalue weighted by molar-refractivity contribution is 0.0507. The lowest BCUT2D eigenvalue weighted by Gasteiger charge is -2.08. The number of esters is 1. The summed E-state index contributed by atoms with van der Waals surface area (Å²) in [5.41, 5.74) is 3.55. The molecule has 6 nitrogen and oxygen atoms in total. The van der Waals surface area contributed by atoms with Crippen molar-refractivity contribution in [1.82, 2.24) is 19.3 Å². The van der Waals surface area contributed by atoms with Gasteiger partial charge in [0.1, 0.15) is 5.52 Å². The minimum atomic E-state index is -0.447. The Morgan fingerprint density at radius 3 is 2.76 bits per heavy atom. The Bertz CT molecular complexity index is 1210. The monoisotopic (exact) mass is 428 g/mol. The Hall–Kier alpha value is -2.83. The highest BCUT2D eigenvalue weighted by Gasteiger charge is 2.19. The first-order valence-corrected chi connectivity index (χ1v) is 9.83. The van der Waals surface area contributed by atoms with Crippen molar-refractivity contribution in [2.45, 2.75) is 13.5 Å². The van der Waals surface area contributed by atoms with E-state index in [4.69, 9.17) is 33.0 Å². The fourth-order valence-corrected chi connectivity index (χ4v) is 3.88. The number of hydrogen-bond donors (Lipinski definition) is 0. The van der Waals surface area contributed by atoms with E-state index in [1.807, 2.05) is 42.1 Å². The molecule has 4 rings (SSSR count). The van der Waals surface area contributed by atoms with Crippen molar-refractivity contribution < 1.29 is 9.53 Å². The highest BCUT2D eigenvalue weighted by Crippen LogP contribution is 2.35. The van der Waals surface area contributed by atoms with E-state index in [-0.39, 0.29) is 5.82 Å². The number of nitrogens with zero attached hydrogens (tertiary/aromatic N) is 4. The van der Waals surface area contributed by atoms with Crippen molar-refractivity contribution >= 4 is 40.1 Å². The second kappa shape index (κ2) is 7.89. The fourth-order valence-electron chi connectivity index (χ4n) is 3.37. The molecule has 0 spiro atoms. The zero-order valence-electron chi connectivity index (χ0n) is 15.9. The third-order valence-corrected chi connectivity index (χ3v) is 5.25. The van der Waals surface area contributed by atoms with E-state index in [2.05, 4.69) is 4.98 Å². The van der Waals surface area contributed by atoms with E-state index in [9.17, 15) is 4.79 Å². The predicted octanol–water partition coefficient (Wildman–Crippen LogP) is 4.97. The molecule has 0 N–H and O–H groups in total. The van der Waals surface area contributed by atoms with Gasteiger partial charge in [-0.15, -0.1) is 0 Å². The predicted molar refractivity (Wildman–Crippen MR) is 113 cm³/mol. The SMILES string of the molecule is CCOC(=O)c1nccn1Cc1c2cccc(-c3ccc(Cl)cc3Cl)c2nn1C. The van der Waals surface area contributed by atoms with Gasteiger partial charge in [-0.3, -0.25) is 4.68 Å². The van der Waals surface area contributed by atoms with E-state index in [0.29, 0.717) is 23.2 Å². The van der Waals surface area contributed by atoms with Crippen molar-refractivity contribution in [2.75, 3.05) is 6.61 Å². The van der Waals surface area contributed by atoms with Gasteiger partial charge in [0.05, 0.1) is 18.8 Å². The maximum Gasteiger partial charge on any atom is 0.374 e. The highest BCUT2D eigenvalue weighted by molar-refractivity contribution is 6.36. The minimum Gasteiger partial charge on any atom is -0.460 e. The first-order chi connectivity index (χ1) is 14.0. The Kier molecular flexibility index (Phi) is 5.30. The number of imidazole rings is 1. The fraction of sp³-hybridized carbons (Fsp3) is 0.190. The summed E-state index contributed by atoms with van der Waals surface area (Å²) in [5, 5.41) is 6.84. The molecular weight excluding hydrogens is 411 g/mol. The number of halogens is 2. The van der Waals surface area contributed by atoms with E-state index in [1.54, 1.807) is 30.0 Å². The van der Waals surface area contributed by atoms with Crippen LogP contribution in [0.3, 0.4) is 0 Å². The molecule has 0 fully saturated rings. The Morgan fingerprint density at radius 2 is 2.00 bits per heavy atom. The molecule has 0 aliphatic carbocycles. The van der Waals surface area contributed by atoms with Gasteiger partial charge in [0.2, 0.25) is 5.82 Å². The van der Waals surface area contributed by atoms with Gasteiger partial charge in [0, 0.05) is 46.0 Å². The molecule has 2 aromatic heterocycles. The number of rotatable bonds is 5. The number of fused-ring (bicyclic) bond motifs is 1. The van der Waals surface area contributed by atoms with Crippen LogP contribution < -0.4 is 0 Å². The summed E-state index contributed by atoms with van der Waals surface area (Å²) in [5.74, 6) is -0.185. The summed E-state index contributed by atoms with van der Waals surface area (Å²) in [6.45, 7) is 2.49. The molecule has 0 unspecified atom stereocenters. The number of aryl methyl sites for hydroxylation is 1. The van der Waals surface area contributed by atoms with Crippen LogP contribution in [0.25, 0.3) is 22.0 Å². The minimum absolute atomic E-state index is 0.262. The first kappa shape index (κ1) is 19.5. The molecule has 0 bridgehead atoms. The molecule has 0 amide bonds. The van der Waals surface area contributed by atoms with Crippen LogP contribution in [0.5, 0.6) is 0 Å². The second-order valence-corrected chi connectivity index (χ2v) is 7.34. The summed E-state index contributed by atoms with van der Waals surface area (Å²) in [6, 6.07) is 11.4. The maximum atomic E-state index is 12.2. The average Bonchev–Trinajstić information content (AvgIpc) is 3.27. The maximum absolute atomic E-state index is 12.2. The zero-order chi connectivity index (χ0) is 20.5. The van der Waals surface area contributed by atoms with Crippen LogP contribution in [0.2, 0.25) is 10.0 Å². The molecular formula is C21H18Cl2N4O2. The van der Waals surface area contributed by atoms with Crippen LogP contribution in [0.15, 0.2) is 48.8 Å². The molecule has 0 saturated carbocycles. The van der Waals surface area contributed by atoms with Crippen molar-refractivity contribution in [3.05, 3.63) is 70.4 Å². The number of aromatic nitrogens is 4. The molecule has 2 heterocycles. The largest absolute Gasteiger partial charge is 0.460 e. The number of hydrogen-bond acceptors (Lipinski definition) is 4. The van der Waals surface area contributed by atoms with E-state index in [1.165, 1.54) is 0 Å². The molecule has 0 aliphatic rings. The van der Waals surface area contributed by atoms with Gasteiger partial charge in [-0.25, -0.2) is 9.78 Å². The molecule has 0 radical (unpaired) electrons. The van der Waals surface area contributed by atoms with Crippen LogP contribution in [-0.4, -0.2) is 31.9 Å². The van der Waals surface area contributed by atoms with Crippen LogP contribution in [0, 0.1) is 0 Å². The summed E-state index contributed by atoms with van der Waals surface area (Å²) in [4.78, 5) is 16.3. The topological polar surface area (TPSA) is 61.9 Å². The van der Waals surface area contributed by atoms with Gasteiger partial charge >= 0.3 is 5.97 Å². The molecule has 2 aromatic carbocycles. The molecule has 8 heteroatoms. The normalized spacial score (nSPS) is 11.2. The Labute approximate surface area is 177 Å². The smallest absolute Gasteiger partial charge is 0.374 e. The van der Waals surface area contributed by atoms with E-state index < -0.39 is 5.97 Å². The first-order valence-electron chi connectivity index (χ1n) is 9.08. The summed E-state index contributed by atoms with van der Waals surface area (Å²) in [7, 11) is 1.88. The van der Waals surface area contributed by atoms with Gasteiger partial charge in [0.25, 0.3) is 0 Å². The molecule has 0 saturated heterocycles. The lowest BCUT2D eigenvalue weighted by atomic mass is 10.0. The number of benzene rings is 2. The van der Waals surface area contributed by atoms with Crippen molar-refractivity contribution in [2.24, 2.45) is 7.05 Å². The van der Waals surface area contributed by atoms with Crippen LogP contribution in [0.1, 0.15) is 23.2 Å². The quantitative estimate of drug-likeness (QED) is 0.421. The molecule has 0 aliphatic heterocycles. The van der Waals surface area contributed by atoms with Crippen LogP contribution >= 0.6 is 23.2 Å². The summed E-state index contributed by atoms with van der Waals surface area (Å²) in [6.07, 6.45) is 3.34. The van der Waals surface area contributed by atoms with Gasteiger partial charge in [-0.05, 0) is 19.1 Å². The average molecular weight is 429 g/mol. The molecule has 4 aromatic rings. The molecule has 29 heavy (non-hydrogen) atoms. The van der Waals surface area contributed by atoms with E-state index >= 15 is 0 Å². The summed E-state index contributed by atoms with van der Waals surface area (Å²) >= 11 is 12.5. The van der Waals surface area contributed by atoms with Crippen molar-refractivity contribution in [1.29, 1.82) is 0 Å². The molecule has 0 atom stereocenters. The highest BCUT2D eigenvalue weighted by atomic mass is 35.5. The van der Waals surface area contributed by atoms with Gasteiger partial charge in [-0.2, -0.15) is 5.10 Å². The van der Waals surface area contributed by atoms with Gasteiger partial charge < -0.3 is 9.30 Å². The third kappa shape index (κ3) is 3.61. The standard InChI is InChI=1S/C21H18Cl2N4O2/c1-3-29-21(28)20-24-9-10-27(20)12-18-16-6-4-5-15(19(16)25-26(18)2)14-8-7-13(22)11-17(14)23/h4-11H,3,12H2,1-2H3. The molecule has 148 valence electrons.